The largest absolute Gasteiger partial charge is 0.444 e. The van der Waals surface area contributed by atoms with Gasteiger partial charge in [-0.2, -0.15) is 4.99 Å². The maximum atomic E-state index is 12.0. The molecule has 1 aliphatic rings. The molecule has 1 saturated heterocycles. The van der Waals surface area contributed by atoms with Gasteiger partial charge in [0.05, 0.1) is 5.94 Å². The highest BCUT2D eigenvalue weighted by atomic mass is 32.2. The Hall–Kier alpha value is -1.06. The lowest BCUT2D eigenvalue weighted by molar-refractivity contribution is 0.0203. The van der Waals surface area contributed by atoms with E-state index in [0.717, 1.165) is 12.8 Å². The van der Waals surface area contributed by atoms with Crippen LogP contribution in [0.1, 0.15) is 33.6 Å². The highest BCUT2D eigenvalue weighted by Crippen LogP contribution is 2.15. The molecule has 1 aliphatic heterocycles. The van der Waals surface area contributed by atoms with Gasteiger partial charge in [-0.05, 0) is 45.8 Å². The van der Waals surface area contributed by atoms with Gasteiger partial charge in [0.25, 0.3) is 0 Å². The molecule has 0 atom stereocenters. The van der Waals surface area contributed by atoms with Gasteiger partial charge in [0.15, 0.2) is 10.3 Å². The summed E-state index contributed by atoms with van der Waals surface area (Å²) in [6.07, 6.45) is 1.32. The number of hydrogen-bond acceptors (Lipinski definition) is 5. The van der Waals surface area contributed by atoms with Crippen molar-refractivity contribution < 1.29 is 14.3 Å². The summed E-state index contributed by atoms with van der Waals surface area (Å²) in [4.78, 5) is 17.8. The number of thioether (sulfide) groups is 1. The normalized spacial score (nSPS) is 17.0. The van der Waals surface area contributed by atoms with E-state index in [0.29, 0.717) is 29.3 Å². The number of piperidine rings is 1. The number of carbonyl (C=O) groups excluding carboxylic acids is 1. The van der Waals surface area contributed by atoms with E-state index in [-0.39, 0.29) is 12.1 Å². The number of carbonyl (C=O) groups is 1. The van der Waals surface area contributed by atoms with E-state index in [2.05, 4.69) is 10.3 Å². The minimum Gasteiger partial charge on any atom is -0.444 e. The minimum atomic E-state index is -0.472. The molecule has 0 aliphatic carbocycles. The summed E-state index contributed by atoms with van der Waals surface area (Å²) in [6, 6.07) is 0.185. The van der Waals surface area contributed by atoms with E-state index in [9.17, 15) is 4.79 Å². The number of rotatable bonds is 3. The van der Waals surface area contributed by atoms with Crippen LogP contribution in [0.5, 0.6) is 0 Å². The summed E-state index contributed by atoms with van der Waals surface area (Å²) >= 11 is 6.46. The number of methoxy groups -OCH3 is 1. The smallest absolute Gasteiger partial charge is 0.410 e. The van der Waals surface area contributed by atoms with Gasteiger partial charge in [0, 0.05) is 26.2 Å². The fourth-order valence-electron chi connectivity index (χ4n) is 1.99. The number of likely N-dealkylation sites (tertiary alicyclic amines) is 1. The van der Waals surface area contributed by atoms with Gasteiger partial charge < -0.3 is 25.4 Å². The second-order valence-corrected chi connectivity index (χ2v) is 7.52. The average molecular weight is 363 g/mol. The van der Waals surface area contributed by atoms with E-state index in [4.69, 9.17) is 27.4 Å². The lowest BCUT2D eigenvalue weighted by Gasteiger charge is -2.33. The van der Waals surface area contributed by atoms with Gasteiger partial charge in [0.1, 0.15) is 5.60 Å². The molecular weight excluding hydrogens is 336 g/mol. The number of aliphatic imine (C=N–C) groups is 1. The van der Waals surface area contributed by atoms with Crippen LogP contribution in [0.3, 0.4) is 0 Å². The Morgan fingerprint density at radius 1 is 1.43 bits per heavy atom. The molecular formula is C14H26N4O3S2. The standard InChI is InChI=1S/C14H26N4O3S2/c1-14(2,3)21-13(19)18-7-5-10(6-8-18)16-12(22)17-11(15)23-9-20-4/h10H,5-9H2,1-4H3,(H3,15,16,17,22). The minimum absolute atomic E-state index is 0.185. The van der Waals surface area contributed by atoms with Gasteiger partial charge >= 0.3 is 6.09 Å². The molecule has 0 bridgehead atoms. The first-order valence-corrected chi connectivity index (χ1v) is 8.85. The van der Waals surface area contributed by atoms with Crippen molar-refractivity contribution in [1.29, 1.82) is 0 Å². The van der Waals surface area contributed by atoms with Crippen molar-refractivity contribution in [3.8, 4) is 0 Å². The third-order valence-electron chi connectivity index (χ3n) is 3.01. The van der Waals surface area contributed by atoms with Crippen LogP contribution in [-0.4, -0.2) is 59.1 Å². The van der Waals surface area contributed by atoms with Crippen molar-refractivity contribution in [2.45, 2.75) is 45.3 Å². The number of nitrogens with one attached hydrogen (secondary N) is 1. The van der Waals surface area contributed by atoms with E-state index in [1.807, 2.05) is 20.8 Å². The number of thiocarbonyl (C=S) groups is 1. The molecule has 9 heteroatoms. The van der Waals surface area contributed by atoms with Crippen LogP contribution in [-0.2, 0) is 9.47 Å². The predicted molar refractivity (Wildman–Crippen MR) is 97.7 cm³/mol. The van der Waals surface area contributed by atoms with E-state index in [1.165, 1.54) is 11.8 Å². The molecule has 0 aromatic rings. The Labute approximate surface area is 147 Å². The lowest BCUT2D eigenvalue weighted by atomic mass is 10.1. The van der Waals surface area contributed by atoms with Crippen LogP contribution >= 0.6 is 24.0 Å². The molecule has 0 saturated carbocycles. The summed E-state index contributed by atoms with van der Waals surface area (Å²) in [6.45, 7) is 6.85. The first-order chi connectivity index (χ1) is 10.7. The fourth-order valence-corrected chi connectivity index (χ4v) is 2.71. The van der Waals surface area contributed by atoms with E-state index < -0.39 is 5.60 Å². The van der Waals surface area contributed by atoms with E-state index in [1.54, 1.807) is 12.0 Å². The van der Waals surface area contributed by atoms with Crippen LogP contribution in [0.4, 0.5) is 4.79 Å². The Bertz CT molecular complexity index is 444. The summed E-state index contributed by atoms with van der Waals surface area (Å²) < 4.78 is 10.3. The summed E-state index contributed by atoms with van der Waals surface area (Å²) in [5.41, 5.74) is 5.25. The van der Waals surface area contributed by atoms with Gasteiger partial charge in [-0.3, -0.25) is 0 Å². The number of ether oxygens (including phenoxy) is 2. The van der Waals surface area contributed by atoms with Crippen LogP contribution < -0.4 is 11.1 Å². The van der Waals surface area contributed by atoms with Crippen LogP contribution in [0.15, 0.2) is 4.99 Å². The molecule has 0 aromatic heterocycles. The Kier molecular flexibility index (Phi) is 8.07. The van der Waals surface area contributed by atoms with Crippen molar-refractivity contribution in [2.75, 3.05) is 26.1 Å². The summed E-state index contributed by atoms with van der Waals surface area (Å²) in [5, 5.41) is 3.90. The third kappa shape index (κ3) is 8.38. The zero-order valence-electron chi connectivity index (χ0n) is 14.1. The number of amidine groups is 1. The molecule has 7 nitrogen and oxygen atoms in total. The first kappa shape index (κ1) is 20.0. The zero-order valence-corrected chi connectivity index (χ0v) is 15.8. The van der Waals surface area contributed by atoms with Gasteiger partial charge in [0.2, 0.25) is 0 Å². The number of hydrogen-bond donors (Lipinski definition) is 2. The molecule has 0 radical (unpaired) electrons. The fraction of sp³-hybridized carbons (Fsp3) is 0.786. The highest BCUT2D eigenvalue weighted by Gasteiger charge is 2.27. The van der Waals surface area contributed by atoms with Crippen molar-refractivity contribution in [1.82, 2.24) is 10.2 Å². The second-order valence-electron chi connectivity index (χ2n) is 6.19. The second kappa shape index (κ2) is 9.29. The number of amides is 1. The van der Waals surface area contributed by atoms with E-state index >= 15 is 0 Å². The lowest BCUT2D eigenvalue weighted by Crippen LogP contribution is -2.47. The van der Waals surface area contributed by atoms with Gasteiger partial charge in [-0.15, -0.1) is 0 Å². The molecule has 0 unspecified atom stereocenters. The molecule has 23 heavy (non-hydrogen) atoms. The topological polar surface area (TPSA) is 89.2 Å². The van der Waals surface area contributed by atoms with Gasteiger partial charge in [-0.25, -0.2) is 4.79 Å². The Balaban J connectivity index is 2.36. The van der Waals surface area contributed by atoms with Crippen molar-refractivity contribution in [3.05, 3.63) is 0 Å². The zero-order chi connectivity index (χ0) is 17.5. The van der Waals surface area contributed by atoms with Gasteiger partial charge in [-0.1, -0.05) is 11.8 Å². The molecule has 0 aromatic carbocycles. The molecule has 3 N–H and O–H groups in total. The van der Waals surface area contributed by atoms with Crippen molar-refractivity contribution in [2.24, 2.45) is 10.7 Å². The van der Waals surface area contributed by atoms with Crippen molar-refractivity contribution in [3.63, 3.8) is 0 Å². The highest BCUT2D eigenvalue weighted by molar-refractivity contribution is 8.13. The third-order valence-corrected chi connectivity index (χ3v) is 3.96. The predicted octanol–water partition coefficient (Wildman–Crippen LogP) is 1.91. The summed E-state index contributed by atoms with van der Waals surface area (Å²) in [5.74, 6) is 0.437. The molecule has 1 rings (SSSR count). The quantitative estimate of drug-likeness (QED) is 0.343. The van der Waals surface area contributed by atoms with Crippen LogP contribution in [0.25, 0.3) is 0 Å². The maximum absolute atomic E-state index is 12.0. The molecule has 1 heterocycles. The first-order valence-electron chi connectivity index (χ1n) is 7.45. The average Bonchev–Trinajstić information content (AvgIpc) is 2.43. The Morgan fingerprint density at radius 3 is 2.57 bits per heavy atom. The number of nitrogens with two attached hydrogens (primary N) is 1. The summed E-state index contributed by atoms with van der Waals surface area (Å²) in [7, 11) is 1.59. The maximum Gasteiger partial charge on any atom is 0.410 e. The molecule has 0 spiro atoms. The molecule has 1 fully saturated rings. The monoisotopic (exact) mass is 362 g/mol. The molecule has 132 valence electrons. The molecule has 1 amide bonds. The van der Waals surface area contributed by atoms with Crippen molar-refractivity contribution >= 4 is 40.4 Å². The SMILES string of the molecule is COCS/C(N)=N/C(=S)NC1CCN(C(=O)OC(C)(C)C)CC1. The number of nitrogens with zero attached hydrogens (tertiary/aromatic N) is 2. The van der Waals surface area contributed by atoms with Crippen LogP contribution in [0, 0.1) is 0 Å². The Morgan fingerprint density at radius 2 is 2.04 bits per heavy atom. The van der Waals surface area contributed by atoms with Crippen LogP contribution in [0.2, 0.25) is 0 Å².